The minimum absolute atomic E-state index is 0.00738. The van der Waals surface area contributed by atoms with Crippen LogP contribution in [0.3, 0.4) is 0 Å². The number of nitrogens with two attached hydrogens (primary N) is 2. The van der Waals surface area contributed by atoms with Crippen LogP contribution in [0.2, 0.25) is 0 Å². The summed E-state index contributed by atoms with van der Waals surface area (Å²) in [5, 5.41) is 10.1. The standard InChI is InChI=1S/C13H20N2O.CH3NO2/c1-9(2)12(14)8-15-13(16)11-7-5-4-6-10(11)3;2-1(3)4/h4-7,9,12H,8,14H2,1-3H3,(H,15,16);2H2,(H,3,4). The Morgan fingerprint density at radius 1 is 1.30 bits per heavy atom. The number of primary amides is 1. The second-order valence-corrected chi connectivity index (χ2v) is 4.77. The number of aryl methyl sites for hydroxylation is 1. The highest BCUT2D eigenvalue weighted by Crippen LogP contribution is 2.06. The first kappa shape index (κ1) is 17.9. The van der Waals surface area contributed by atoms with E-state index in [2.05, 4.69) is 11.1 Å². The topological polar surface area (TPSA) is 118 Å². The van der Waals surface area contributed by atoms with E-state index in [-0.39, 0.29) is 11.9 Å². The van der Waals surface area contributed by atoms with Crippen molar-refractivity contribution in [1.82, 2.24) is 5.32 Å². The summed E-state index contributed by atoms with van der Waals surface area (Å²) in [6, 6.07) is 7.55. The van der Waals surface area contributed by atoms with Crippen molar-refractivity contribution in [3.8, 4) is 0 Å². The molecule has 6 nitrogen and oxygen atoms in total. The van der Waals surface area contributed by atoms with Gasteiger partial charge in [0.05, 0.1) is 0 Å². The summed E-state index contributed by atoms with van der Waals surface area (Å²) < 4.78 is 0. The lowest BCUT2D eigenvalue weighted by Crippen LogP contribution is -2.40. The molecule has 0 aliphatic rings. The zero-order valence-corrected chi connectivity index (χ0v) is 12.1. The quantitative estimate of drug-likeness (QED) is 0.665. The maximum atomic E-state index is 11.8. The summed E-state index contributed by atoms with van der Waals surface area (Å²) in [6.45, 7) is 6.54. The molecule has 0 saturated carbocycles. The molecule has 2 amide bonds. The third-order valence-corrected chi connectivity index (χ3v) is 2.74. The van der Waals surface area contributed by atoms with Gasteiger partial charge in [-0.15, -0.1) is 0 Å². The minimum atomic E-state index is -1.33. The van der Waals surface area contributed by atoms with E-state index in [1.807, 2.05) is 45.0 Å². The predicted octanol–water partition coefficient (Wildman–Crippen LogP) is 1.33. The summed E-state index contributed by atoms with van der Waals surface area (Å²) in [7, 11) is 0. The van der Waals surface area contributed by atoms with Crippen LogP contribution in [0, 0.1) is 12.8 Å². The number of nitrogens with one attached hydrogen (secondary N) is 1. The Hall–Kier alpha value is -2.08. The first-order valence-electron chi connectivity index (χ1n) is 6.33. The van der Waals surface area contributed by atoms with Crippen LogP contribution >= 0.6 is 0 Å². The van der Waals surface area contributed by atoms with Gasteiger partial charge in [-0.2, -0.15) is 0 Å². The van der Waals surface area contributed by atoms with Gasteiger partial charge in [-0.3, -0.25) is 4.79 Å². The maximum Gasteiger partial charge on any atom is 0.402 e. The predicted molar refractivity (Wildman–Crippen MR) is 78.5 cm³/mol. The molecule has 1 rings (SSSR count). The Morgan fingerprint density at radius 3 is 2.25 bits per heavy atom. The molecule has 6 heteroatoms. The van der Waals surface area contributed by atoms with Crippen LogP contribution in [-0.2, 0) is 0 Å². The fraction of sp³-hybridized carbons (Fsp3) is 0.429. The Kier molecular flexibility index (Phi) is 8.00. The Balaban J connectivity index is 0.000000796. The Morgan fingerprint density at radius 2 is 1.80 bits per heavy atom. The van der Waals surface area contributed by atoms with Crippen LogP contribution < -0.4 is 16.8 Å². The van der Waals surface area contributed by atoms with Gasteiger partial charge in [-0.25, -0.2) is 4.79 Å². The summed E-state index contributed by atoms with van der Waals surface area (Å²) in [4.78, 5) is 20.6. The SMILES string of the molecule is Cc1ccccc1C(=O)NCC(N)C(C)C.NC(=O)O. The molecule has 0 bridgehead atoms. The molecular weight excluding hydrogens is 258 g/mol. The van der Waals surface area contributed by atoms with E-state index in [4.69, 9.17) is 15.6 Å². The van der Waals surface area contributed by atoms with E-state index in [1.165, 1.54) is 0 Å². The molecule has 0 saturated heterocycles. The highest BCUT2D eigenvalue weighted by molar-refractivity contribution is 5.95. The third kappa shape index (κ3) is 7.38. The molecule has 0 spiro atoms. The van der Waals surface area contributed by atoms with E-state index in [9.17, 15) is 4.79 Å². The maximum absolute atomic E-state index is 11.8. The number of rotatable bonds is 4. The lowest BCUT2D eigenvalue weighted by Gasteiger charge is -2.16. The largest absolute Gasteiger partial charge is 0.465 e. The van der Waals surface area contributed by atoms with Crippen LogP contribution in [0.1, 0.15) is 29.8 Å². The van der Waals surface area contributed by atoms with Gasteiger partial charge in [-0.1, -0.05) is 32.0 Å². The van der Waals surface area contributed by atoms with Gasteiger partial charge in [0.1, 0.15) is 0 Å². The fourth-order valence-electron chi connectivity index (χ4n) is 1.37. The molecule has 0 fully saturated rings. The highest BCUT2D eigenvalue weighted by Gasteiger charge is 2.11. The van der Waals surface area contributed by atoms with Crippen LogP contribution in [-0.4, -0.2) is 29.7 Å². The Bertz CT molecular complexity index is 443. The number of carboxylic acid groups (broad SMARTS) is 1. The van der Waals surface area contributed by atoms with Crippen LogP contribution in [0.25, 0.3) is 0 Å². The summed E-state index contributed by atoms with van der Waals surface area (Å²) in [6.07, 6.45) is -1.33. The van der Waals surface area contributed by atoms with Crippen LogP contribution in [0.5, 0.6) is 0 Å². The van der Waals surface area contributed by atoms with Gasteiger partial charge >= 0.3 is 6.09 Å². The molecule has 6 N–H and O–H groups in total. The number of carbonyl (C=O) groups is 2. The van der Waals surface area contributed by atoms with Gasteiger partial charge < -0.3 is 21.9 Å². The van der Waals surface area contributed by atoms with Gasteiger partial charge in [0, 0.05) is 18.2 Å². The Labute approximate surface area is 119 Å². The lowest BCUT2D eigenvalue weighted by molar-refractivity contribution is 0.0948. The first-order valence-corrected chi connectivity index (χ1v) is 6.33. The number of benzene rings is 1. The molecule has 1 aromatic rings. The van der Waals surface area contributed by atoms with E-state index in [0.717, 1.165) is 11.1 Å². The average molecular weight is 281 g/mol. The van der Waals surface area contributed by atoms with Gasteiger partial charge in [-0.05, 0) is 24.5 Å². The van der Waals surface area contributed by atoms with Crippen molar-refractivity contribution in [1.29, 1.82) is 0 Å². The van der Waals surface area contributed by atoms with Crippen molar-refractivity contribution in [2.24, 2.45) is 17.4 Å². The first-order chi connectivity index (χ1) is 9.25. The molecule has 0 heterocycles. The van der Waals surface area contributed by atoms with E-state index < -0.39 is 6.09 Å². The monoisotopic (exact) mass is 281 g/mol. The van der Waals surface area contributed by atoms with Crippen molar-refractivity contribution in [2.45, 2.75) is 26.8 Å². The highest BCUT2D eigenvalue weighted by atomic mass is 16.4. The molecule has 0 aliphatic carbocycles. The van der Waals surface area contributed by atoms with Crippen molar-refractivity contribution in [3.63, 3.8) is 0 Å². The summed E-state index contributed by atoms with van der Waals surface area (Å²) in [5.41, 5.74) is 11.6. The minimum Gasteiger partial charge on any atom is -0.465 e. The van der Waals surface area contributed by atoms with Crippen LogP contribution in [0.15, 0.2) is 24.3 Å². The van der Waals surface area contributed by atoms with Gasteiger partial charge in [0.2, 0.25) is 0 Å². The van der Waals surface area contributed by atoms with E-state index in [0.29, 0.717) is 12.5 Å². The van der Waals surface area contributed by atoms with Gasteiger partial charge in [0.15, 0.2) is 0 Å². The number of amides is 2. The zero-order chi connectivity index (χ0) is 15.7. The van der Waals surface area contributed by atoms with Crippen molar-refractivity contribution in [2.75, 3.05) is 6.54 Å². The fourth-order valence-corrected chi connectivity index (χ4v) is 1.37. The molecule has 20 heavy (non-hydrogen) atoms. The summed E-state index contributed by atoms with van der Waals surface area (Å²) >= 11 is 0. The van der Waals surface area contributed by atoms with E-state index >= 15 is 0 Å². The molecule has 1 atom stereocenters. The van der Waals surface area contributed by atoms with Crippen LogP contribution in [0.4, 0.5) is 4.79 Å². The molecule has 0 radical (unpaired) electrons. The molecule has 1 unspecified atom stereocenters. The number of carbonyl (C=O) groups excluding carboxylic acids is 1. The van der Waals surface area contributed by atoms with Crippen molar-refractivity contribution < 1.29 is 14.7 Å². The van der Waals surface area contributed by atoms with Crippen molar-refractivity contribution >= 4 is 12.0 Å². The normalized spacial score (nSPS) is 11.2. The molecule has 1 aromatic carbocycles. The molecular formula is C14H23N3O3. The van der Waals surface area contributed by atoms with E-state index in [1.54, 1.807) is 0 Å². The lowest BCUT2D eigenvalue weighted by atomic mass is 10.0. The molecule has 112 valence electrons. The van der Waals surface area contributed by atoms with Gasteiger partial charge in [0.25, 0.3) is 5.91 Å². The molecule has 0 aliphatic heterocycles. The molecule has 0 aromatic heterocycles. The second-order valence-electron chi connectivity index (χ2n) is 4.77. The summed E-state index contributed by atoms with van der Waals surface area (Å²) in [5.74, 6) is 0.325. The number of hydrogen-bond donors (Lipinski definition) is 4. The zero-order valence-electron chi connectivity index (χ0n) is 12.1. The van der Waals surface area contributed by atoms with Crippen molar-refractivity contribution in [3.05, 3.63) is 35.4 Å². The second kappa shape index (κ2) is 8.92. The average Bonchev–Trinajstić information content (AvgIpc) is 2.35. The smallest absolute Gasteiger partial charge is 0.402 e. The third-order valence-electron chi connectivity index (χ3n) is 2.74. The number of hydrogen-bond acceptors (Lipinski definition) is 3.